The fraction of sp³-hybridized carbons (Fsp3) is 1.00. The van der Waals surface area contributed by atoms with Gasteiger partial charge in [-0.15, -0.1) is 0 Å². The van der Waals surface area contributed by atoms with Crippen LogP contribution in [-0.4, -0.2) is 48.3 Å². The molecule has 2 N–H and O–H groups in total. The molecule has 0 amide bonds. The number of rotatable bonds is 5. The van der Waals surface area contributed by atoms with E-state index >= 15 is 0 Å². The van der Waals surface area contributed by atoms with Crippen molar-refractivity contribution in [1.82, 2.24) is 10.2 Å². The maximum absolute atomic E-state index is 9.54. The number of hydrogen-bond acceptors (Lipinski definition) is 3. The molecule has 106 valence electrons. The van der Waals surface area contributed by atoms with Crippen molar-refractivity contribution in [2.24, 2.45) is 11.8 Å². The zero-order valence-corrected chi connectivity index (χ0v) is 12.1. The number of nitrogens with zero attached hydrogens (tertiary/aromatic N) is 1. The second-order valence-corrected chi connectivity index (χ2v) is 6.30. The number of hydrogen-bond donors (Lipinski definition) is 2. The van der Waals surface area contributed by atoms with Gasteiger partial charge in [-0.3, -0.25) is 0 Å². The van der Waals surface area contributed by atoms with Crippen molar-refractivity contribution in [3.05, 3.63) is 0 Å². The number of likely N-dealkylation sites (tertiary alicyclic amines) is 1. The molecule has 1 saturated carbocycles. The molecule has 1 heterocycles. The highest BCUT2D eigenvalue weighted by molar-refractivity contribution is 4.82. The quantitative estimate of drug-likeness (QED) is 0.786. The molecule has 1 aliphatic heterocycles. The summed E-state index contributed by atoms with van der Waals surface area (Å²) in [4.78, 5) is 2.55. The van der Waals surface area contributed by atoms with Gasteiger partial charge < -0.3 is 15.3 Å². The molecule has 2 rings (SSSR count). The molecular formula is C15H30N2O. The molecule has 3 heteroatoms. The lowest BCUT2D eigenvalue weighted by Gasteiger charge is -2.35. The third-order valence-corrected chi connectivity index (χ3v) is 5.03. The highest BCUT2D eigenvalue weighted by Gasteiger charge is 2.26. The SMILES string of the molecule is CCN1CCC(C(C)NCC2CCC(O)C2)CC1. The molecule has 0 aromatic carbocycles. The molecule has 0 aromatic heterocycles. The predicted molar refractivity (Wildman–Crippen MR) is 75.7 cm³/mol. The van der Waals surface area contributed by atoms with Crippen molar-refractivity contribution in [1.29, 1.82) is 0 Å². The normalized spacial score (nSPS) is 32.8. The van der Waals surface area contributed by atoms with Crippen molar-refractivity contribution in [3.63, 3.8) is 0 Å². The highest BCUT2D eigenvalue weighted by atomic mass is 16.3. The lowest BCUT2D eigenvalue weighted by Crippen LogP contribution is -2.43. The molecule has 3 atom stereocenters. The van der Waals surface area contributed by atoms with Gasteiger partial charge in [-0.2, -0.15) is 0 Å². The molecule has 3 unspecified atom stereocenters. The van der Waals surface area contributed by atoms with E-state index in [0.717, 1.165) is 25.3 Å². The number of piperidine rings is 1. The Balaban J connectivity index is 1.64. The van der Waals surface area contributed by atoms with Crippen LogP contribution in [0.4, 0.5) is 0 Å². The molecule has 0 radical (unpaired) electrons. The Hall–Kier alpha value is -0.120. The average Bonchev–Trinajstić information content (AvgIpc) is 2.82. The standard InChI is InChI=1S/C15H30N2O/c1-3-17-8-6-14(7-9-17)12(2)16-11-13-4-5-15(18)10-13/h12-16,18H,3-11H2,1-2H3. The van der Waals surface area contributed by atoms with Gasteiger partial charge in [0.15, 0.2) is 0 Å². The Morgan fingerprint density at radius 1 is 1.22 bits per heavy atom. The first-order valence-electron chi connectivity index (χ1n) is 7.82. The summed E-state index contributed by atoms with van der Waals surface area (Å²) in [6, 6.07) is 0.641. The topological polar surface area (TPSA) is 35.5 Å². The smallest absolute Gasteiger partial charge is 0.0543 e. The molecule has 18 heavy (non-hydrogen) atoms. The summed E-state index contributed by atoms with van der Waals surface area (Å²) < 4.78 is 0. The van der Waals surface area contributed by atoms with Crippen molar-refractivity contribution in [2.45, 2.75) is 58.1 Å². The summed E-state index contributed by atoms with van der Waals surface area (Å²) >= 11 is 0. The third kappa shape index (κ3) is 3.94. The number of aliphatic hydroxyl groups is 1. The van der Waals surface area contributed by atoms with Crippen LogP contribution < -0.4 is 5.32 Å². The van der Waals surface area contributed by atoms with Crippen LogP contribution in [0.15, 0.2) is 0 Å². The summed E-state index contributed by atoms with van der Waals surface area (Å²) in [5, 5.41) is 13.3. The van der Waals surface area contributed by atoms with E-state index in [1.54, 1.807) is 0 Å². The molecule has 0 aromatic rings. The van der Waals surface area contributed by atoms with Crippen LogP contribution in [0.2, 0.25) is 0 Å². The Morgan fingerprint density at radius 3 is 2.50 bits per heavy atom. The second-order valence-electron chi connectivity index (χ2n) is 6.30. The van der Waals surface area contributed by atoms with Gasteiger partial charge in [0.25, 0.3) is 0 Å². The first-order valence-corrected chi connectivity index (χ1v) is 7.82. The minimum atomic E-state index is -0.0279. The zero-order valence-electron chi connectivity index (χ0n) is 12.1. The molecular weight excluding hydrogens is 224 g/mol. The maximum Gasteiger partial charge on any atom is 0.0543 e. The Kier molecular flexibility index (Phi) is 5.46. The first kappa shape index (κ1) is 14.3. The molecule has 1 saturated heterocycles. The monoisotopic (exact) mass is 254 g/mol. The van der Waals surface area contributed by atoms with Gasteiger partial charge >= 0.3 is 0 Å². The van der Waals surface area contributed by atoms with E-state index < -0.39 is 0 Å². The van der Waals surface area contributed by atoms with Gasteiger partial charge in [-0.1, -0.05) is 6.92 Å². The zero-order chi connectivity index (χ0) is 13.0. The summed E-state index contributed by atoms with van der Waals surface area (Å²) in [7, 11) is 0. The molecule has 0 spiro atoms. The lowest BCUT2D eigenvalue weighted by atomic mass is 9.90. The van der Waals surface area contributed by atoms with Crippen LogP contribution in [-0.2, 0) is 0 Å². The van der Waals surface area contributed by atoms with Gasteiger partial charge in [-0.25, -0.2) is 0 Å². The van der Waals surface area contributed by atoms with Gasteiger partial charge in [0.2, 0.25) is 0 Å². The van der Waals surface area contributed by atoms with Gasteiger partial charge in [0, 0.05) is 6.04 Å². The fourth-order valence-corrected chi connectivity index (χ4v) is 3.52. The van der Waals surface area contributed by atoms with Crippen LogP contribution in [0.3, 0.4) is 0 Å². The number of nitrogens with one attached hydrogen (secondary N) is 1. The Labute approximate surface area is 112 Å². The summed E-state index contributed by atoms with van der Waals surface area (Å²) in [6.07, 6.45) is 5.88. The minimum Gasteiger partial charge on any atom is -0.393 e. The van der Waals surface area contributed by atoms with Gasteiger partial charge in [0.1, 0.15) is 0 Å². The van der Waals surface area contributed by atoms with E-state index in [2.05, 4.69) is 24.1 Å². The Morgan fingerprint density at radius 2 is 1.94 bits per heavy atom. The largest absolute Gasteiger partial charge is 0.393 e. The second kappa shape index (κ2) is 6.88. The van der Waals surface area contributed by atoms with Crippen molar-refractivity contribution < 1.29 is 5.11 Å². The molecule has 1 aliphatic carbocycles. The molecule has 2 fully saturated rings. The van der Waals surface area contributed by atoms with E-state index in [9.17, 15) is 5.11 Å². The third-order valence-electron chi connectivity index (χ3n) is 5.03. The van der Waals surface area contributed by atoms with Gasteiger partial charge in [-0.05, 0) is 77.0 Å². The first-order chi connectivity index (χ1) is 8.69. The van der Waals surface area contributed by atoms with Crippen LogP contribution >= 0.6 is 0 Å². The van der Waals surface area contributed by atoms with E-state index in [4.69, 9.17) is 0 Å². The molecule has 3 nitrogen and oxygen atoms in total. The van der Waals surface area contributed by atoms with Crippen LogP contribution in [0.1, 0.15) is 46.0 Å². The van der Waals surface area contributed by atoms with E-state index in [1.165, 1.54) is 38.9 Å². The van der Waals surface area contributed by atoms with E-state index in [0.29, 0.717) is 12.0 Å². The predicted octanol–water partition coefficient (Wildman–Crippen LogP) is 1.86. The van der Waals surface area contributed by atoms with Crippen molar-refractivity contribution in [2.75, 3.05) is 26.2 Å². The van der Waals surface area contributed by atoms with Gasteiger partial charge in [0.05, 0.1) is 6.10 Å². The van der Waals surface area contributed by atoms with Crippen LogP contribution in [0.25, 0.3) is 0 Å². The lowest BCUT2D eigenvalue weighted by molar-refractivity contribution is 0.163. The molecule has 2 aliphatic rings. The Bertz CT molecular complexity index is 239. The number of aliphatic hydroxyl groups excluding tert-OH is 1. The van der Waals surface area contributed by atoms with Crippen molar-refractivity contribution >= 4 is 0 Å². The fourth-order valence-electron chi connectivity index (χ4n) is 3.52. The van der Waals surface area contributed by atoms with Crippen LogP contribution in [0.5, 0.6) is 0 Å². The minimum absolute atomic E-state index is 0.0279. The maximum atomic E-state index is 9.54. The van der Waals surface area contributed by atoms with E-state index in [-0.39, 0.29) is 6.10 Å². The average molecular weight is 254 g/mol. The summed E-state index contributed by atoms with van der Waals surface area (Å²) in [5.74, 6) is 1.55. The molecule has 0 bridgehead atoms. The van der Waals surface area contributed by atoms with Crippen molar-refractivity contribution in [3.8, 4) is 0 Å². The highest BCUT2D eigenvalue weighted by Crippen LogP contribution is 2.26. The summed E-state index contributed by atoms with van der Waals surface area (Å²) in [6.45, 7) is 9.45. The van der Waals surface area contributed by atoms with Crippen LogP contribution in [0, 0.1) is 11.8 Å². The van der Waals surface area contributed by atoms with E-state index in [1.807, 2.05) is 0 Å². The summed E-state index contributed by atoms with van der Waals surface area (Å²) in [5.41, 5.74) is 0.